The average molecular weight is 453 g/mol. The highest BCUT2D eigenvalue weighted by Crippen LogP contribution is 2.39. The molecule has 0 aliphatic carbocycles. The van der Waals surface area contributed by atoms with Crippen LogP contribution in [0.2, 0.25) is 5.02 Å². The SMILES string of the molecule is Nc1ncc([N+](=O)[O-])c(N2CCC[C@H]2c2nn3ccc(Cl)c3c(=O)n2-c2ccccc2)n1. The van der Waals surface area contributed by atoms with Crippen molar-refractivity contribution in [3.8, 4) is 5.69 Å². The molecule has 1 fully saturated rings. The van der Waals surface area contributed by atoms with Crippen LogP contribution in [-0.4, -0.2) is 35.6 Å². The van der Waals surface area contributed by atoms with Gasteiger partial charge in [0.15, 0.2) is 5.82 Å². The number of anilines is 2. The highest BCUT2D eigenvalue weighted by molar-refractivity contribution is 6.33. The molecule has 1 saturated heterocycles. The fourth-order valence-electron chi connectivity index (χ4n) is 4.10. The predicted molar refractivity (Wildman–Crippen MR) is 118 cm³/mol. The largest absolute Gasteiger partial charge is 0.368 e. The maximum absolute atomic E-state index is 13.5. The van der Waals surface area contributed by atoms with Crippen LogP contribution in [0.4, 0.5) is 17.5 Å². The molecule has 4 aromatic rings. The Labute approximate surface area is 185 Å². The van der Waals surface area contributed by atoms with E-state index in [2.05, 4.69) is 9.97 Å². The van der Waals surface area contributed by atoms with Gasteiger partial charge in [-0.15, -0.1) is 0 Å². The van der Waals surface area contributed by atoms with E-state index >= 15 is 0 Å². The topological polar surface area (TPSA) is 137 Å². The number of para-hydroxylation sites is 1. The summed E-state index contributed by atoms with van der Waals surface area (Å²) < 4.78 is 2.94. The first-order valence-electron chi connectivity index (χ1n) is 9.84. The Hall–Kier alpha value is -3.99. The number of benzene rings is 1. The lowest BCUT2D eigenvalue weighted by Crippen LogP contribution is -2.33. The molecule has 0 spiro atoms. The summed E-state index contributed by atoms with van der Waals surface area (Å²) in [4.78, 5) is 34.3. The van der Waals surface area contributed by atoms with Gasteiger partial charge in [0.05, 0.1) is 21.7 Å². The smallest absolute Gasteiger partial charge is 0.329 e. The summed E-state index contributed by atoms with van der Waals surface area (Å²) >= 11 is 6.26. The third-order valence-corrected chi connectivity index (χ3v) is 5.77. The van der Waals surface area contributed by atoms with Crippen molar-refractivity contribution >= 4 is 34.6 Å². The molecule has 162 valence electrons. The zero-order valence-electron chi connectivity index (χ0n) is 16.6. The van der Waals surface area contributed by atoms with Crippen LogP contribution >= 0.6 is 11.6 Å². The lowest BCUT2D eigenvalue weighted by atomic mass is 10.2. The van der Waals surface area contributed by atoms with E-state index in [-0.39, 0.29) is 28.5 Å². The number of nitrogens with two attached hydrogens (primary N) is 1. The molecule has 1 atom stereocenters. The highest BCUT2D eigenvalue weighted by atomic mass is 35.5. The summed E-state index contributed by atoms with van der Waals surface area (Å²) in [5.74, 6) is 0.451. The minimum Gasteiger partial charge on any atom is -0.368 e. The first kappa shape index (κ1) is 19.9. The Kier molecular flexibility index (Phi) is 4.74. The molecular weight excluding hydrogens is 436 g/mol. The van der Waals surface area contributed by atoms with Crippen molar-refractivity contribution in [1.29, 1.82) is 0 Å². The summed E-state index contributed by atoms with van der Waals surface area (Å²) in [6, 6.07) is 10.2. The quantitative estimate of drug-likeness (QED) is 0.368. The van der Waals surface area contributed by atoms with E-state index in [1.165, 1.54) is 9.08 Å². The molecule has 0 saturated carbocycles. The van der Waals surface area contributed by atoms with Crippen LogP contribution < -0.4 is 16.2 Å². The Morgan fingerprint density at radius 2 is 2.00 bits per heavy atom. The van der Waals surface area contributed by atoms with Crippen LogP contribution in [0.25, 0.3) is 11.2 Å². The number of fused-ring (bicyclic) bond motifs is 1. The number of nitrogen functional groups attached to an aromatic ring is 1. The number of nitro groups is 1. The van der Waals surface area contributed by atoms with Crippen molar-refractivity contribution in [3.63, 3.8) is 0 Å². The van der Waals surface area contributed by atoms with Crippen molar-refractivity contribution in [2.75, 3.05) is 17.2 Å². The normalized spacial score (nSPS) is 16.0. The minimum absolute atomic E-state index is 0.0719. The molecule has 0 unspecified atom stereocenters. The monoisotopic (exact) mass is 452 g/mol. The average Bonchev–Trinajstić information content (AvgIpc) is 3.41. The fraction of sp³-hybridized carbons (Fsp3) is 0.200. The highest BCUT2D eigenvalue weighted by Gasteiger charge is 2.36. The van der Waals surface area contributed by atoms with Crippen molar-refractivity contribution in [2.24, 2.45) is 0 Å². The van der Waals surface area contributed by atoms with E-state index in [0.29, 0.717) is 29.5 Å². The van der Waals surface area contributed by atoms with Crippen LogP contribution in [0.1, 0.15) is 24.7 Å². The summed E-state index contributed by atoms with van der Waals surface area (Å²) in [5.41, 5.74) is 6.01. The lowest BCUT2D eigenvalue weighted by molar-refractivity contribution is -0.384. The van der Waals surface area contributed by atoms with E-state index in [4.69, 9.17) is 22.4 Å². The third kappa shape index (κ3) is 3.14. The zero-order chi connectivity index (χ0) is 22.4. The second-order valence-corrected chi connectivity index (χ2v) is 7.74. The van der Waals surface area contributed by atoms with Gasteiger partial charge < -0.3 is 10.6 Å². The number of hydrogen-bond acceptors (Lipinski definition) is 8. The van der Waals surface area contributed by atoms with Crippen LogP contribution in [0, 0.1) is 10.1 Å². The van der Waals surface area contributed by atoms with Crippen LogP contribution in [-0.2, 0) is 0 Å². The second kappa shape index (κ2) is 7.61. The van der Waals surface area contributed by atoms with E-state index in [0.717, 1.165) is 12.6 Å². The Bertz CT molecular complexity index is 1400. The molecule has 5 rings (SSSR count). The van der Waals surface area contributed by atoms with Crippen molar-refractivity contribution in [3.05, 3.63) is 80.1 Å². The van der Waals surface area contributed by atoms with Gasteiger partial charge in [-0.3, -0.25) is 19.5 Å². The fourth-order valence-corrected chi connectivity index (χ4v) is 4.32. The van der Waals surface area contributed by atoms with Crippen molar-refractivity contribution in [2.45, 2.75) is 18.9 Å². The molecule has 0 bridgehead atoms. The number of aromatic nitrogens is 5. The van der Waals surface area contributed by atoms with Gasteiger partial charge in [-0.1, -0.05) is 29.8 Å². The van der Waals surface area contributed by atoms with Crippen LogP contribution in [0.5, 0.6) is 0 Å². The van der Waals surface area contributed by atoms with Gasteiger partial charge in [0, 0.05) is 12.7 Å². The Morgan fingerprint density at radius 3 is 2.75 bits per heavy atom. The third-order valence-electron chi connectivity index (χ3n) is 5.46. The number of nitrogens with zero attached hydrogens (tertiary/aromatic N) is 7. The summed E-state index contributed by atoms with van der Waals surface area (Å²) in [5, 5.41) is 16.6. The molecule has 1 aliphatic heterocycles. The van der Waals surface area contributed by atoms with Gasteiger partial charge in [0.25, 0.3) is 5.56 Å². The summed E-state index contributed by atoms with van der Waals surface area (Å²) in [6.07, 6.45) is 4.05. The van der Waals surface area contributed by atoms with Gasteiger partial charge in [-0.25, -0.2) is 9.50 Å². The summed E-state index contributed by atoms with van der Waals surface area (Å²) in [6.45, 7) is 0.483. The molecule has 32 heavy (non-hydrogen) atoms. The molecule has 1 aliphatic rings. The van der Waals surface area contributed by atoms with Gasteiger partial charge in [-0.05, 0) is 31.0 Å². The van der Waals surface area contributed by atoms with Crippen LogP contribution in [0.3, 0.4) is 0 Å². The number of hydrogen-bond donors (Lipinski definition) is 1. The van der Waals surface area contributed by atoms with Gasteiger partial charge in [0.1, 0.15) is 11.7 Å². The zero-order valence-corrected chi connectivity index (χ0v) is 17.4. The van der Waals surface area contributed by atoms with E-state index < -0.39 is 11.0 Å². The first-order chi connectivity index (χ1) is 15.5. The summed E-state index contributed by atoms with van der Waals surface area (Å²) in [7, 11) is 0. The van der Waals surface area contributed by atoms with E-state index in [1.54, 1.807) is 29.3 Å². The molecular formula is C20H17ClN8O3. The lowest BCUT2D eigenvalue weighted by Gasteiger charge is -2.27. The number of halogens is 1. The van der Waals surface area contributed by atoms with Gasteiger partial charge in [0.2, 0.25) is 11.8 Å². The predicted octanol–water partition coefficient (Wildman–Crippen LogP) is 2.76. The Balaban J connectivity index is 1.75. The van der Waals surface area contributed by atoms with E-state index in [9.17, 15) is 14.9 Å². The first-order valence-corrected chi connectivity index (χ1v) is 10.2. The molecule has 0 amide bonds. The maximum atomic E-state index is 13.5. The number of rotatable bonds is 4. The molecule has 0 radical (unpaired) electrons. The maximum Gasteiger partial charge on any atom is 0.329 e. The van der Waals surface area contributed by atoms with E-state index in [1.807, 2.05) is 18.2 Å². The van der Waals surface area contributed by atoms with Gasteiger partial charge >= 0.3 is 5.69 Å². The van der Waals surface area contributed by atoms with Crippen molar-refractivity contribution in [1.82, 2.24) is 24.1 Å². The van der Waals surface area contributed by atoms with Crippen LogP contribution in [0.15, 0.2) is 53.6 Å². The molecule has 4 heterocycles. The molecule has 3 aromatic heterocycles. The minimum atomic E-state index is -0.545. The molecule has 12 heteroatoms. The van der Waals surface area contributed by atoms with Crippen molar-refractivity contribution < 1.29 is 4.92 Å². The van der Waals surface area contributed by atoms with Gasteiger partial charge in [-0.2, -0.15) is 10.1 Å². The molecule has 11 nitrogen and oxygen atoms in total. The standard InChI is InChI=1S/C20H17ClN8O3/c21-13-8-10-27-16(13)19(30)28(12-5-2-1-3-6-12)18(25-27)14-7-4-9-26(14)17-15(29(31)32)11-23-20(22)24-17/h1-3,5-6,8,10-11,14H,4,7,9H2,(H2,22,23,24)/t14-/m0/s1. The second-order valence-electron chi connectivity index (χ2n) is 7.34. The molecule has 2 N–H and O–H groups in total. The molecule has 1 aromatic carbocycles. The Morgan fingerprint density at radius 1 is 1.22 bits per heavy atom.